The molecule has 2 N–H and O–H groups in total. The fourth-order valence-electron chi connectivity index (χ4n) is 4.26. The van der Waals surface area contributed by atoms with Crippen LogP contribution in [-0.2, 0) is 0 Å². The summed E-state index contributed by atoms with van der Waals surface area (Å²) >= 11 is 0. The molecule has 2 saturated heterocycles. The largest absolute Gasteiger partial charge is 0.368 e. The first-order valence-electron chi connectivity index (χ1n) is 10.1. The third-order valence-corrected chi connectivity index (χ3v) is 5.95. The van der Waals surface area contributed by atoms with Crippen molar-refractivity contribution in [2.75, 3.05) is 56.1 Å². The van der Waals surface area contributed by atoms with Crippen molar-refractivity contribution in [2.24, 2.45) is 0 Å². The van der Waals surface area contributed by atoms with Gasteiger partial charge in [0.05, 0.1) is 28.6 Å². The summed E-state index contributed by atoms with van der Waals surface area (Å²) in [7, 11) is 2.10. The number of piperazine rings is 1. The van der Waals surface area contributed by atoms with E-state index in [9.17, 15) is 4.39 Å². The van der Waals surface area contributed by atoms with Crippen molar-refractivity contribution in [2.45, 2.75) is 19.3 Å². The number of halogens is 1. The average molecular weight is 383 g/mol. The third kappa shape index (κ3) is 3.11. The number of aromatic amines is 2. The Bertz CT molecular complexity index is 964. The van der Waals surface area contributed by atoms with Crippen LogP contribution in [-0.4, -0.2) is 71.4 Å². The maximum atomic E-state index is 14.8. The van der Waals surface area contributed by atoms with Gasteiger partial charge in [0.25, 0.3) is 0 Å². The van der Waals surface area contributed by atoms with Crippen molar-refractivity contribution in [3.63, 3.8) is 0 Å². The molecule has 1 aromatic carbocycles. The number of nitrogens with one attached hydrogen (secondary N) is 2. The minimum atomic E-state index is -0.201. The number of fused-ring (bicyclic) bond motifs is 1. The van der Waals surface area contributed by atoms with Crippen LogP contribution >= 0.6 is 0 Å². The first kappa shape index (κ1) is 17.5. The van der Waals surface area contributed by atoms with Crippen LogP contribution in [0.2, 0.25) is 0 Å². The van der Waals surface area contributed by atoms with Gasteiger partial charge in [-0.3, -0.25) is 5.10 Å². The van der Waals surface area contributed by atoms with Crippen molar-refractivity contribution < 1.29 is 4.39 Å². The lowest BCUT2D eigenvalue weighted by Crippen LogP contribution is -2.44. The van der Waals surface area contributed by atoms with Gasteiger partial charge in [0.1, 0.15) is 11.5 Å². The molecule has 2 aromatic heterocycles. The summed E-state index contributed by atoms with van der Waals surface area (Å²) in [4.78, 5) is 14.8. The first-order valence-corrected chi connectivity index (χ1v) is 10.1. The van der Waals surface area contributed by atoms with Gasteiger partial charge in [-0.15, -0.1) is 0 Å². The summed E-state index contributed by atoms with van der Waals surface area (Å²) in [6.07, 6.45) is 5.54. The summed E-state index contributed by atoms with van der Waals surface area (Å²) in [5.41, 5.74) is 4.08. The van der Waals surface area contributed by atoms with E-state index in [0.717, 1.165) is 56.2 Å². The number of piperidine rings is 1. The molecule has 2 fully saturated rings. The average Bonchev–Trinajstić information content (AvgIpc) is 3.35. The van der Waals surface area contributed by atoms with Gasteiger partial charge in [0.15, 0.2) is 5.82 Å². The number of rotatable bonds is 3. The fraction of sp³-hybridized carbons (Fsp3) is 0.500. The van der Waals surface area contributed by atoms with Gasteiger partial charge in [-0.1, -0.05) is 0 Å². The van der Waals surface area contributed by atoms with E-state index in [2.05, 4.69) is 36.9 Å². The van der Waals surface area contributed by atoms with Crippen LogP contribution in [0.25, 0.3) is 22.6 Å². The molecule has 28 heavy (non-hydrogen) atoms. The highest BCUT2D eigenvalue weighted by Gasteiger charge is 2.22. The topological polar surface area (TPSA) is 67.1 Å². The second kappa shape index (κ2) is 7.09. The summed E-state index contributed by atoms with van der Waals surface area (Å²) < 4.78 is 14.8. The quantitative estimate of drug-likeness (QED) is 0.728. The van der Waals surface area contributed by atoms with Crippen molar-refractivity contribution in [3.05, 3.63) is 24.1 Å². The number of nitrogens with zero attached hydrogens (tertiary/aromatic N) is 5. The number of hydrogen-bond donors (Lipinski definition) is 2. The predicted molar refractivity (Wildman–Crippen MR) is 109 cm³/mol. The number of imidazole rings is 1. The van der Waals surface area contributed by atoms with Gasteiger partial charge >= 0.3 is 0 Å². The Hall–Kier alpha value is -2.61. The van der Waals surface area contributed by atoms with Gasteiger partial charge in [0, 0.05) is 45.3 Å². The molecule has 0 bridgehead atoms. The summed E-state index contributed by atoms with van der Waals surface area (Å²) in [6, 6.07) is 3.43. The Labute approximate surface area is 163 Å². The van der Waals surface area contributed by atoms with E-state index in [4.69, 9.17) is 4.98 Å². The van der Waals surface area contributed by atoms with Crippen LogP contribution in [0.5, 0.6) is 0 Å². The Morgan fingerprint density at radius 1 is 0.929 bits per heavy atom. The number of hydrogen-bond acceptors (Lipinski definition) is 5. The van der Waals surface area contributed by atoms with Crippen LogP contribution < -0.4 is 9.80 Å². The number of benzene rings is 1. The van der Waals surface area contributed by atoms with Gasteiger partial charge in [0.2, 0.25) is 0 Å². The highest BCUT2D eigenvalue weighted by atomic mass is 19.1. The molecule has 0 atom stereocenters. The standard InChI is InChI=1S/C20H26FN7/c1-26-7-9-28(10-8-26)17-12-16-15(11-14(17)21)23-20(24-16)19-18(13-22-25-19)27-5-3-2-4-6-27/h11-13H,2-10H2,1H3,(H,22,25)(H,23,24). The molecule has 2 aliphatic heterocycles. The molecule has 3 aromatic rings. The Morgan fingerprint density at radius 3 is 2.46 bits per heavy atom. The highest BCUT2D eigenvalue weighted by Crippen LogP contribution is 2.32. The molecule has 2 aliphatic rings. The normalized spacial score (nSPS) is 18.9. The van der Waals surface area contributed by atoms with Crippen molar-refractivity contribution in [1.29, 1.82) is 0 Å². The molecule has 0 radical (unpaired) electrons. The van der Waals surface area contributed by atoms with Crippen molar-refractivity contribution in [3.8, 4) is 11.5 Å². The van der Waals surface area contributed by atoms with Crippen LogP contribution in [0, 0.1) is 5.82 Å². The number of anilines is 2. The molecule has 5 rings (SSSR count). The minimum absolute atomic E-state index is 0.201. The first-order chi connectivity index (χ1) is 13.7. The van der Waals surface area contributed by atoms with E-state index >= 15 is 0 Å². The SMILES string of the molecule is CN1CCN(c2cc3nc(-c4[nH]ncc4N4CCCCC4)[nH]c3cc2F)CC1. The third-order valence-electron chi connectivity index (χ3n) is 5.95. The zero-order chi connectivity index (χ0) is 19.1. The van der Waals surface area contributed by atoms with Crippen LogP contribution in [0.15, 0.2) is 18.3 Å². The molecule has 8 heteroatoms. The molecule has 148 valence electrons. The van der Waals surface area contributed by atoms with Crippen LogP contribution in [0.4, 0.5) is 15.8 Å². The zero-order valence-corrected chi connectivity index (χ0v) is 16.2. The lowest BCUT2D eigenvalue weighted by molar-refractivity contribution is 0.312. The summed E-state index contributed by atoms with van der Waals surface area (Å²) in [5, 5.41) is 7.33. The Morgan fingerprint density at radius 2 is 1.68 bits per heavy atom. The van der Waals surface area contributed by atoms with Crippen molar-refractivity contribution in [1.82, 2.24) is 25.1 Å². The van der Waals surface area contributed by atoms with E-state index in [1.54, 1.807) is 6.07 Å². The number of likely N-dealkylation sites (N-methyl/N-ethyl adjacent to an activating group) is 1. The van der Waals surface area contributed by atoms with E-state index in [0.29, 0.717) is 17.0 Å². The number of aromatic nitrogens is 4. The molecule has 0 unspecified atom stereocenters. The van der Waals surface area contributed by atoms with Crippen LogP contribution in [0.1, 0.15) is 19.3 Å². The van der Waals surface area contributed by atoms with Crippen molar-refractivity contribution >= 4 is 22.4 Å². The zero-order valence-electron chi connectivity index (χ0n) is 16.2. The second-order valence-corrected chi connectivity index (χ2v) is 7.87. The van der Waals surface area contributed by atoms with Gasteiger partial charge in [-0.25, -0.2) is 9.37 Å². The Kier molecular flexibility index (Phi) is 4.43. The highest BCUT2D eigenvalue weighted by molar-refractivity contribution is 5.84. The lowest BCUT2D eigenvalue weighted by Gasteiger charge is -2.34. The molecule has 0 spiro atoms. The summed E-state index contributed by atoms with van der Waals surface area (Å²) in [5.74, 6) is 0.510. The molecule has 0 saturated carbocycles. The Balaban J connectivity index is 1.48. The molecule has 7 nitrogen and oxygen atoms in total. The monoisotopic (exact) mass is 383 g/mol. The predicted octanol–water partition coefficient (Wildman–Crippen LogP) is 2.83. The van der Waals surface area contributed by atoms with E-state index in [-0.39, 0.29) is 5.82 Å². The molecule has 0 amide bonds. The molecular formula is C20H26FN7. The number of H-pyrrole nitrogens is 2. The maximum Gasteiger partial charge on any atom is 0.158 e. The minimum Gasteiger partial charge on any atom is -0.368 e. The smallest absolute Gasteiger partial charge is 0.158 e. The maximum absolute atomic E-state index is 14.8. The molecular weight excluding hydrogens is 357 g/mol. The van der Waals surface area contributed by atoms with E-state index in [1.807, 2.05) is 12.3 Å². The van der Waals surface area contributed by atoms with E-state index in [1.165, 1.54) is 19.3 Å². The molecule has 4 heterocycles. The van der Waals surface area contributed by atoms with Crippen LogP contribution in [0.3, 0.4) is 0 Å². The van der Waals surface area contributed by atoms with Gasteiger partial charge in [-0.05, 0) is 32.4 Å². The summed E-state index contributed by atoms with van der Waals surface area (Å²) in [6.45, 7) is 5.61. The van der Waals surface area contributed by atoms with Gasteiger partial charge < -0.3 is 19.7 Å². The second-order valence-electron chi connectivity index (χ2n) is 7.87. The lowest BCUT2D eigenvalue weighted by atomic mass is 10.1. The fourth-order valence-corrected chi connectivity index (χ4v) is 4.26. The van der Waals surface area contributed by atoms with Gasteiger partial charge in [-0.2, -0.15) is 5.10 Å². The van der Waals surface area contributed by atoms with E-state index < -0.39 is 0 Å². The molecule has 0 aliphatic carbocycles.